The van der Waals surface area contributed by atoms with Gasteiger partial charge < -0.3 is 5.73 Å². The third kappa shape index (κ3) is 1.82. The lowest BCUT2D eigenvalue weighted by Crippen LogP contribution is -2.11. The van der Waals surface area contributed by atoms with Crippen molar-refractivity contribution in [3.8, 4) is 6.07 Å². The Labute approximate surface area is 86.3 Å². The molecule has 1 aromatic rings. The molecule has 0 radical (unpaired) electrons. The lowest BCUT2D eigenvalue weighted by molar-refractivity contribution is -0.137. The zero-order valence-corrected chi connectivity index (χ0v) is 8.28. The summed E-state index contributed by atoms with van der Waals surface area (Å²) in [5.74, 6) is 0. The van der Waals surface area contributed by atoms with Gasteiger partial charge in [-0.2, -0.15) is 18.4 Å². The van der Waals surface area contributed by atoms with Crippen molar-refractivity contribution < 1.29 is 13.2 Å². The molecule has 0 aromatic heterocycles. The van der Waals surface area contributed by atoms with E-state index in [0.717, 1.165) is 6.07 Å². The minimum absolute atomic E-state index is 0.0847. The summed E-state index contributed by atoms with van der Waals surface area (Å²) >= 11 is 2.86. The average Bonchev–Trinajstić information content (AvgIpc) is 2.06. The first-order chi connectivity index (χ1) is 6.38. The van der Waals surface area contributed by atoms with Crippen LogP contribution in [0.1, 0.15) is 11.1 Å². The Kier molecular flexibility index (Phi) is 2.71. The van der Waals surface area contributed by atoms with Crippen molar-refractivity contribution in [3.05, 3.63) is 27.7 Å². The molecule has 0 spiro atoms. The van der Waals surface area contributed by atoms with Gasteiger partial charge in [0.15, 0.2) is 0 Å². The number of hydrogen-bond acceptors (Lipinski definition) is 2. The lowest BCUT2D eigenvalue weighted by Gasteiger charge is -2.12. The molecule has 0 aliphatic rings. The van der Waals surface area contributed by atoms with Crippen molar-refractivity contribution in [3.63, 3.8) is 0 Å². The van der Waals surface area contributed by atoms with Crippen LogP contribution < -0.4 is 5.73 Å². The van der Waals surface area contributed by atoms with E-state index in [9.17, 15) is 13.2 Å². The van der Waals surface area contributed by atoms with Gasteiger partial charge in [0.05, 0.1) is 11.1 Å². The molecule has 0 fully saturated rings. The summed E-state index contributed by atoms with van der Waals surface area (Å²) < 4.78 is 37.4. The number of nitrogens with zero attached hydrogens (tertiary/aromatic N) is 1. The van der Waals surface area contributed by atoms with Crippen molar-refractivity contribution in [2.24, 2.45) is 0 Å². The zero-order valence-electron chi connectivity index (χ0n) is 6.69. The summed E-state index contributed by atoms with van der Waals surface area (Å²) in [6.07, 6.45) is -4.61. The Hall–Kier alpha value is -1.22. The van der Waals surface area contributed by atoms with Crippen LogP contribution in [0.15, 0.2) is 16.6 Å². The minimum atomic E-state index is -4.61. The second-order valence-electron chi connectivity index (χ2n) is 2.50. The van der Waals surface area contributed by atoms with Crippen LogP contribution in [0.2, 0.25) is 0 Å². The average molecular weight is 265 g/mol. The molecule has 2 nitrogen and oxygen atoms in total. The maximum Gasteiger partial charge on any atom is 0.419 e. The molecule has 1 aromatic carbocycles. The maximum absolute atomic E-state index is 12.4. The van der Waals surface area contributed by atoms with Crippen molar-refractivity contribution in [2.45, 2.75) is 6.18 Å². The quantitative estimate of drug-likeness (QED) is 0.733. The van der Waals surface area contributed by atoms with E-state index >= 15 is 0 Å². The number of rotatable bonds is 0. The van der Waals surface area contributed by atoms with Crippen LogP contribution in [-0.4, -0.2) is 0 Å². The second kappa shape index (κ2) is 3.50. The van der Waals surface area contributed by atoms with E-state index in [1.807, 2.05) is 0 Å². The third-order valence-corrected chi connectivity index (χ3v) is 2.24. The van der Waals surface area contributed by atoms with Gasteiger partial charge in [-0.05, 0) is 28.1 Å². The van der Waals surface area contributed by atoms with E-state index in [-0.39, 0.29) is 4.47 Å². The van der Waals surface area contributed by atoms with Crippen LogP contribution in [0.5, 0.6) is 0 Å². The highest BCUT2D eigenvalue weighted by Crippen LogP contribution is 2.38. The van der Waals surface area contributed by atoms with Gasteiger partial charge in [-0.3, -0.25) is 0 Å². The Bertz CT molecular complexity index is 406. The molecule has 14 heavy (non-hydrogen) atoms. The molecule has 1 rings (SSSR count). The van der Waals surface area contributed by atoms with Gasteiger partial charge in [0, 0.05) is 10.2 Å². The second-order valence-corrected chi connectivity index (χ2v) is 3.35. The van der Waals surface area contributed by atoms with Crippen LogP contribution in [0, 0.1) is 11.3 Å². The van der Waals surface area contributed by atoms with Crippen LogP contribution >= 0.6 is 15.9 Å². The number of benzene rings is 1. The number of nitrogen functional groups attached to an aromatic ring is 1. The summed E-state index contributed by atoms with van der Waals surface area (Å²) in [6.45, 7) is 0. The summed E-state index contributed by atoms with van der Waals surface area (Å²) in [7, 11) is 0. The molecule has 0 aliphatic carbocycles. The highest BCUT2D eigenvalue weighted by Gasteiger charge is 2.36. The number of alkyl halides is 3. The van der Waals surface area contributed by atoms with Gasteiger partial charge in [0.25, 0.3) is 0 Å². The van der Waals surface area contributed by atoms with Crippen molar-refractivity contribution >= 4 is 21.6 Å². The van der Waals surface area contributed by atoms with Crippen molar-refractivity contribution in [1.29, 1.82) is 5.26 Å². The van der Waals surface area contributed by atoms with Gasteiger partial charge in [-0.25, -0.2) is 0 Å². The highest BCUT2D eigenvalue weighted by atomic mass is 79.9. The third-order valence-electron chi connectivity index (χ3n) is 1.58. The van der Waals surface area contributed by atoms with Gasteiger partial charge in [0.2, 0.25) is 0 Å². The molecule has 0 bridgehead atoms. The van der Waals surface area contributed by atoms with Gasteiger partial charge >= 0.3 is 6.18 Å². The summed E-state index contributed by atoms with van der Waals surface area (Å²) in [4.78, 5) is 0. The summed E-state index contributed by atoms with van der Waals surface area (Å²) in [6, 6.07) is 3.88. The molecular weight excluding hydrogens is 261 g/mol. The molecule has 0 amide bonds. The minimum Gasteiger partial charge on any atom is -0.398 e. The van der Waals surface area contributed by atoms with Crippen molar-refractivity contribution in [2.75, 3.05) is 5.73 Å². The fourth-order valence-electron chi connectivity index (χ4n) is 1.01. The smallest absolute Gasteiger partial charge is 0.398 e. The Morgan fingerprint density at radius 2 is 1.93 bits per heavy atom. The fourth-order valence-corrected chi connectivity index (χ4v) is 1.43. The van der Waals surface area contributed by atoms with Gasteiger partial charge in [0.1, 0.15) is 6.07 Å². The number of nitrogens with two attached hydrogens (primary N) is 1. The largest absolute Gasteiger partial charge is 0.419 e. The number of hydrogen-bond donors (Lipinski definition) is 1. The number of nitriles is 1. The van der Waals surface area contributed by atoms with E-state index in [1.54, 1.807) is 0 Å². The molecule has 0 atom stereocenters. The topological polar surface area (TPSA) is 49.8 Å². The molecule has 0 saturated carbocycles. The molecule has 74 valence electrons. The molecule has 0 unspecified atom stereocenters. The summed E-state index contributed by atoms with van der Waals surface area (Å²) in [5, 5.41) is 8.55. The van der Waals surface area contributed by atoms with Crippen LogP contribution in [0.4, 0.5) is 18.9 Å². The summed E-state index contributed by atoms with van der Waals surface area (Å²) in [5.41, 5.74) is 3.14. The van der Waals surface area contributed by atoms with Crippen molar-refractivity contribution in [1.82, 2.24) is 0 Å². The lowest BCUT2D eigenvalue weighted by atomic mass is 10.1. The van der Waals surface area contributed by atoms with E-state index in [4.69, 9.17) is 11.0 Å². The Morgan fingerprint density at radius 3 is 2.29 bits per heavy atom. The van der Waals surface area contributed by atoms with Gasteiger partial charge in [-0.15, -0.1) is 0 Å². The number of halogens is 4. The molecule has 6 heteroatoms. The standard InChI is InChI=1S/C8H4BrF3N2/c9-5-1-2-6(14)7(4(5)3-13)8(10,11)12/h1-2H,14H2. The first-order valence-electron chi connectivity index (χ1n) is 3.43. The Morgan fingerprint density at radius 1 is 1.36 bits per heavy atom. The molecular formula is C8H4BrF3N2. The van der Waals surface area contributed by atoms with Gasteiger partial charge in [-0.1, -0.05) is 0 Å². The molecule has 0 heterocycles. The van der Waals surface area contributed by atoms with E-state index < -0.39 is 23.0 Å². The predicted octanol–water partition coefficient (Wildman–Crippen LogP) is 2.92. The number of anilines is 1. The SMILES string of the molecule is N#Cc1c(Br)ccc(N)c1C(F)(F)F. The van der Waals surface area contributed by atoms with E-state index in [2.05, 4.69) is 15.9 Å². The molecule has 0 saturated heterocycles. The van der Waals surface area contributed by atoms with Crippen LogP contribution in [0.3, 0.4) is 0 Å². The van der Waals surface area contributed by atoms with Crippen LogP contribution in [-0.2, 0) is 6.18 Å². The van der Waals surface area contributed by atoms with E-state index in [0.29, 0.717) is 0 Å². The predicted molar refractivity (Wildman–Crippen MR) is 48.3 cm³/mol. The zero-order chi connectivity index (χ0) is 10.9. The fraction of sp³-hybridized carbons (Fsp3) is 0.125. The monoisotopic (exact) mass is 264 g/mol. The maximum atomic E-state index is 12.4. The first-order valence-corrected chi connectivity index (χ1v) is 4.22. The van der Waals surface area contributed by atoms with E-state index in [1.165, 1.54) is 12.1 Å². The van der Waals surface area contributed by atoms with Crippen LogP contribution in [0.25, 0.3) is 0 Å². The normalized spacial score (nSPS) is 11.1. The molecule has 2 N–H and O–H groups in total. The molecule has 0 aliphatic heterocycles. The first kappa shape index (κ1) is 10.9. The Balaban J connectivity index is 3.56. The highest BCUT2D eigenvalue weighted by molar-refractivity contribution is 9.10.